The van der Waals surface area contributed by atoms with Crippen molar-refractivity contribution in [2.75, 3.05) is 40.1 Å². The Morgan fingerprint density at radius 2 is 0.744 bits per heavy atom. The third kappa shape index (κ3) is 19.5. The van der Waals surface area contributed by atoms with E-state index >= 15 is 0 Å². The molecule has 3 saturated carbocycles. The summed E-state index contributed by atoms with van der Waals surface area (Å²) in [6.45, 7) is 25.2. The van der Waals surface area contributed by atoms with E-state index in [1.807, 2.05) is 67.6 Å². The number of anilines is 7. The molecule has 33 heteroatoms. The van der Waals surface area contributed by atoms with Crippen molar-refractivity contribution >= 4 is 175 Å². The molecule has 0 saturated heterocycles. The normalized spacial score (nSPS) is 14.0. The molecule has 0 bridgehead atoms. The molecule has 21 N–H and O–H groups in total. The number of benzene rings is 9. The lowest BCUT2D eigenvalue weighted by atomic mass is 9.94. The number of halogens is 5. The minimum absolute atomic E-state index is 0.298. The highest BCUT2D eigenvalue weighted by Gasteiger charge is 2.38. The third-order valence-corrected chi connectivity index (χ3v) is 22.9. The summed E-state index contributed by atoms with van der Waals surface area (Å²) in [6, 6.07) is 36.6. The number of rotatable bonds is 12. The number of hydrogen-bond donors (Lipinski definition) is 14. The fourth-order valence-corrected chi connectivity index (χ4v) is 17.2. The number of aryl methyl sites for hydroxylation is 1. The van der Waals surface area contributed by atoms with Crippen LogP contribution in [-0.2, 0) is 39.2 Å². The van der Waals surface area contributed by atoms with Crippen LogP contribution in [0.2, 0.25) is 25.1 Å². The van der Waals surface area contributed by atoms with Crippen molar-refractivity contribution < 1.29 is 67.2 Å². The van der Waals surface area contributed by atoms with Gasteiger partial charge in [0.15, 0.2) is 44.9 Å². The van der Waals surface area contributed by atoms with Crippen molar-refractivity contribution in [2.45, 2.75) is 199 Å². The highest BCUT2D eigenvalue weighted by atomic mass is 35.5. The molecule has 0 spiro atoms. The van der Waals surface area contributed by atoms with Gasteiger partial charge in [-0.1, -0.05) is 138 Å². The second kappa shape index (κ2) is 34.4. The van der Waals surface area contributed by atoms with Gasteiger partial charge in [0.1, 0.15) is 22.3 Å². The van der Waals surface area contributed by atoms with Crippen molar-refractivity contribution in [1.29, 1.82) is 0 Å². The Bertz CT molecular complexity index is 6670. The lowest BCUT2D eigenvalue weighted by Crippen LogP contribution is -2.18. The van der Waals surface area contributed by atoms with Crippen LogP contribution in [0.4, 0.5) is 39.9 Å². The zero-order valence-electron chi connectivity index (χ0n) is 71.6. The third-order valence-electron chi connectivity index (χ3n) is 21.1. The maximum Gasteiger partial charge on any atom is 0.227 e. The van der Waals surface area contributed by atoms with E-state index in [0.717, 1.165) is 94.0 Å². The van der Waals surface area contributed by atoms with Crippen LogP contribution >= 0.6 is 58.0 Å². The van der Waals surface area contributed by atoms with E-state index in [0.29, 0.717) is 189 Å². The van der Waals surface area contributed by atoms with Gasteiger partial charge in [0.2, 0.25) is 11.8 Å². The maximum atomic E-state index is 10.2. The van der Waals surface area contributed by atoms with Gasteiger partial charge >= 0.3 is 0 Å². The van der Waals surface area contributed by atoms with Crippen molar-refractivity contribution in [3.8, 4) is 22.9 Å². The number of aromatic nitrogens is 7. The average Bonchev–Trinajstić information content (AvgIpc) is 1.64. The van der Waals surface area contributed by atoms with Crippen LogP contribution < -0.4 is 40.1 Å². The summed E-state index contributed by atoms with van der Waals surface area (Å²) < 4.78 is 37.6. The Morgan fingerprint density at radius 1 is 0.336 bits per heavy atom. The molecule has 658 valence electrons. The van der Waals surface area contributed by atoms with Gasteiger partial charge in [-0.05, 0) is 215 Å². The number of nitrogen functional groups attached to an aromatic ring is 7. The fraction of sp³-hybridized carbons (Fsp3) is 0.337. The number of nitrogens with zero attached hydrogens (tertiary/aromatic N) is 7. The Morgan fingerprint density at radius 3 is 1.24 bits per heavy atom. The quantitative estimate of drug-likeness (QED) is 0.0505. The topological polar surface area (TPSA) is 506 Å². The van der Waals surface area contributed by atoms with E-state index in [4.69, 9.17) is 130 Å². The molecule has 0 aliphatic heterocycles. The first-order valence-electron chi connectivity index (χ1n) is 40.2. The second-order valence-electron chi connectivity index (χ2n) is 35.3. The van der Waals surface area contributed by atoms with Crippen LogP contribution in [0.5, 0.6) is 0 Å². The van der Waals surface area contributed by atoms with Gasteiger partial charge in [-0.25, -0.2) is 9.97 Å². The van der Waals surface area contributed by atoms with E-state index in [9.17, 15) is 35.7 Å². The number of aliphatic hydroxyl groups is 7. The summed E-state index contributed by atoms with van der Waals surface area (Å²) in [4.78, 5) is 8.86. The smallest absolute Gasteiger partial charge is 0.227 e. The molecule has 0 radical (unpaired) electrons. The molecule has 9 aromatic carbocycles. The van der Waals surface area contributed by atoms with Crippen molar-refractivity contribution in [3.05, 3.63) is 208 Å². The molecular formula is C92H101Cl5N14O14. The highest BCUT2D eigenvalue weighted by Crippen LogP contribution is 2.52. The van der Waals surface area contributed by atoms with Crippen LogP contribution in [0.15, 0.2) is 153 Å². The minimum atomic E-state index is -1.16. The van der Waals surface area contributed by atoms with E-state index in [1.54, 1.807) is 158 Å². The van der Waals surface area contributed by atoms with E-state index < -0.39 is 39.2 Å². The fourth-order valence-electron chi connectivity index (χ4n) is 14.9. The zero-order valence-corrected chi connectivity index (χ0v) is 75.4. The molecule has 7 aromatic heterocycles. The number of nitrogens with two attached hydrogens (primary N) is 7. The van der Waals surface area contributed by atoms with E-state index in [2.05, 4.69) is 35.8 Å². The Labute approximate surface area is 743 Å². The van der Waals surface area contributed by atoms with Crippen LogP contribution in [-0.4, -0.2) is 71.5 Å². The predicted molar refractivity (Wildman–Crippen MR) is 492 cm³/mol. The molecule has 7 heterocycles. The number of hydrogen-bond acceptors (Lipinski definition) is 28. The molecule has 16 aromatic rings. The molecule has 28 nitrogen and oxygen atoms in total. The van der Waals surface area contributed by atoms with Crippen molar-refractivity contribution in [1.82, 2.24) is 35.8 Å². The minimum Gasteiger partial charge on any atom is -0.434 e. The lowest BCUT2D eigenvalue weighted by molar-refractivity contribution is 0.0714. The molecule has 19 rings (SSSR count). The highest BCUT2D eigenvalue weighted by molar-refractivity contribution is 6.38. The molecule has 3 aliphatic rings. The lowest BCUT2D eigenvalue weighted by Gasteiger charge is -2.21. The second-order valence-corrected chi connectivity index (χ2v) is 37.2. The van der Waals surface area contributed by atoms with Crippen LogP contribution in [0.25, 0.3) is 100.0 Å². The molecule has 125 heavy (non-hydrogen) atoms. The van der Waals surface area contributed by atoms with Gasteiger partial charge < -0.3 is 107 Å². The summed E-state index contributed by atoms with van der Waals surface area (Å²) in [7, 11) is 0. The Hall–Kier alpha value is -11.0. The Balaban J connectivity index is 0.000000126. The first-order valence-corrected chi connectivity index (χ1v) is 42.1. The summed E-state index contributed by atoms with van der Waals surface area (Å²) in [6.07, 6.45) is 6.71. The first kappa shape index (κ1) is 91.7. The first-order chi connectivity index (χ1) is 58.3. The van der Waals surface area contributed by atoms with E-state index in [1.165, 1.54) is 0 Å². The van der Waals surface area contributed by atoms with Crippen molar-refractivity contribution in [3.63, 3.8) is 0 Å². The summed E-state index contributed by atoms with van der Waals surface area (Å²) >= 11 is 31.7. The largest absolute Gasteiger partial charge is 0.434 e. The van der Waals surface area contributed by atoms with Crippen LogP contribution in [0.1, 0.15) is 215 Å². The van der Waals surface area contributed by atoms with Crippen LogP contribution in [0.3, 0.4) is 0 Å². The predicted octanol–water partition coefficient (Wildman–Crippen LogP) is 21.0. The molecule has 3 aliphatic carbocycles. The summed E-state index contributed by atoms with van der Waals surface area (Å²) in [5.41, 5.74) is 50.6. The molecule has 0 amide bonds. The van der Waals surface area contributed by atoms with Gasteiger partial charge in [0.25, 0.3) is 0 Å². The van der Waals surface area contributed by atoms with Gasteiger partial charge in [0, 0.05) is 96.7 Å². The van der Waals surface area contributed by atoms with Gasteiger partial charge in [-0.3, -0.25) is 0 Å². The average molecular weight is 1800 g/mol. The number of oxazole rings is 2. The molecule has 0 atom stereocenters. The van der Waals surface area contributed by atoms with Crippen LogP contribution in [0, 0.1) is 6.92 Å². The van der Waals surface area contributed by atoms with Crippen molar-refractivity contribution in [2.24, 2.45) is 0 Å². The summed E-state index contributed by atoms with van der Waals surface area (Å²) in [5.74, 6) is 2.60. The van der Waals surface area contributed by atoms with Gasteiger partial charge in [0.05, 0.1) is 103 Å². The monoisotopic (exact) mass is 1800 g/mol. The van der Waals surface area contributed by atoms with Gasteiger partial charge in [-0.15, -0.1) is 0 Å². The zero-order chi connectivity index (χ0) is 91.2. The Kier molecular flexibility index (Phi) is 25.3. The standard InChI is InChI=1S/C17H17ClN2O2.C16H15ClN2O2.3C13H15ClN2O2.2C10H12N2O2/c1-9-4-6-10(7-5-9)16-20-12-8-11(19)13(17(2,3)21)14(18)15(12)22-16;1-16(2,20)12-10(18)8-11-14(13(12)17)21-15(19-11)9-6-4-3-5-7-9;1-13(2,17)9-8(15)5-7-11(6-3-4-6)16-18-12(7)10(9)14;1-13(2,17)10-7(15)5-8-9(11(10)14)12(16-18-8)6-3-4-6;1-13(2,17)10-8(15)5-7(14)9-11(6-3-4-6)16-18-12(9)10;1-10(2,13)9-8-6(11)4-3-5-7(8)14-12-9;1-10(2,13)6-4-3-5-7-8(6)9(11)12-14-7/h4-8,21H,19H2,1-3H3;3-8,20H,18H2,1-2H3;3*5-6,17H,3-4,15H2,1-2H3;3-5,13H,11H2,1-2H3;3-5,13H,1-2H3,(H2,11,12). The van der Waals surface area contributed by atoms with Gasteiger partial charge in [-0.2, -0.15) is 0 Å². The molecular weight excluding hydrogens is 1700 g/mol. The molecule has 3 fully saturated rings. The maximum absolute atomic E-state index is 10.2. The summed E-state index contributed by atoms with van der Waals surface area (Å²) in [5, 5.41) is 96.2. The number of fused-ring (bicyclic) bond motifs is 7. The molecule has 0 unspecified atom stereocenters. The SMILES string of the molecule is CC(C)(O)c1c(N)cc(Cl)c2c(C3CC3)noc12.CC(C)(O)c1c(N)cc2c(C3CC3)noc2c1Cl.CC(C)(O)c1c(N)cc2nc(-c3ccccc3)oc2c1Cl.CC(C)(O)c1c(N)cc2onc(C3CC3)c2c1Cl.CC(C)(O)c1cccc2onc(N)c12.CC(C)(O)c1noc2cccc(N)c12.Cc1ccc(-c2nc3cc(N)c(C(C)(C)O)c(Cl)c3o2)cc1. The van der Waals surface area contributed by atoms with E-state index in [-0.39, 0.29) is 0 Å².